The van der Waals surface area contributed by atoms with E-state index in [1.807, 2.05) is 0 Å². The van der Waals surface area contributed by atoms with Crippen molar-refractivity contribution in [3.63, 3.8) is 0 Å². The molecule has 0 aromatic heterocycles. The van der Waals surface area contributed by atoms with Gasteiger partial charge in [-0.05, 0) is 26.9 Å². The summed E-state index contributed by atoms with van der Waals surface area (Å²) >= 11 is 0. The average Bonchev–Trinajstić information content (AvgIpc) is 2.10. The van der Waals surface area contributed by atoms with Gasteiger partial charge in [0.25, 0.3) is 0 Å². The van der Waals surface area contributed by atoms with Crippen molar-refractivity contribution < 1.29 is 0 Å². The zero-order chi connectivity index (χ0) is 9.84. The summed E-state index contributed by atoms with van der Waals surface area (Å²) in [5, 5.41) is 0. The van der Waals surface area contributed by atoms with Crippen molar-refractivity contribution in [3.05, 3.63) is 0 Å². The molecule has 1 aliphatic rings. The maximum atomic E-state index is 5.73. The Hall–Kier alpha value is -0.120. The predicted octanol–water partition coefficient (Wildman–Crippen LogP) is 0.360. The summed E-state index contributed by atoms with van der Waals surface area (Å²) in [5.74, 6) is 0. The summed E-state index contributed by atoms with van der Waals surface area (Å²) in [6, 6.07) is 1.25. The van der Waals surface area contributed by atoms with Crippen molar-refractivity contribution in [1.29, 1.82) is 0 Å². The van der Waals surface area contributed by atoms with Crippen LogP contribution in [0.5, 0.6) is 0 Å². The Morgan fingerprint density at radius 3 is 2.62 bits per heavy atom. The first-order chi connectivity index (χ1) is 6.19. The maximum Gasteiger partial charge on any atom is 0.0343 e. The van der Waals surface area contributed by atoms with E-state index >= 15 is 0 Å². The van der Waals surface area contributed by atoms with Gasteiger partial charge in [0.05, 0.1) is 0 Å². The lowest BCUT2D eigenvalue weighted by molar-refractivity contribution is 0.0561. The number of hydrogen-bond acceptors (Lipinski definition) is 3. The number of nitrogens with two attached hydrogens (primary N) is 1. The monoisotopic (exact) mass is 185 g/mol. The Labute approximate surface area is 81.9 Å². The van der Waals surface area contributed by atoms with Gasteiger partial charge in [0.15, 0.2) is 0 Å². The van der Waals surface area contributed by atoms with Crippen molar-refractivity contribution in [3.8, 4) is 0 Å². The lowest BCUT2D eigenvalue weighted by Crippen LogP contribution is -2.58. The standard InChI is InChI=1S/C10H23N3/c1-4-5-13-8-10(6-11)12(3)7-9(13)2/h9-10H,4-8,11H2,1-3H3. The third-order valence-electron chi connectivity index (χ3n) is 3.03. The summed E-state index contributed by atoms with van der Waals surface area (Å²) in [5.41, 5.74) is 5.73. The van der Waals surface area contributed by atoms with E-state index in [0.717, 1.165) is 19.6 Å². The Kier molecular flexibility index (Phi) is 4.16. The molecule has 0 radical (unpaired) electrons. The van der Waals surface area contributed by atoms with Crippen molar-refractivity contribution in [2.45, 2.75) is 32.4 Å². The summed E-state index contributed by atoms with van der Waals surface area (Å²) in [4.78, 5) is 4.94. The second kappa shape index (κ2) is 4.94. The molecule has 78 valence electrons. The van der Waals surface area contributed by atoms with Gasteiger partial charge >= 0.3 is 0 Å². The molecule has 1 saturated heterocycles. The highest BCUT2D eigenvalue weighted by Crippen LogP contribution is 2.12. The molecule has 2 unspecified atom stereocenters. The third kappa shape index (κ3) is 2.66. The first kappa shape index (κ1) is 11.0. The lowest BCUT2D eigenvalue weighted by atomic mass is 10.1. The van der Waals surface area contributed by atoms with Gasteiger partial charge in [-0.3, -0.25) is 9.80 Å². The van der Waals surface area contributed by atoms with Gasteiger partial charge in [-0.25, -0.2) is 0 Å². The number of hydrogen-bond donors (Lipinski definition) is 1. The van der Waals surface area contributed by atoms with E-state index in [9.17, 15) is 0 Å². The highest BCUT2D eigenvalue weighted by atomic mass is 15.3. The van der Waals surface area contributed by atoms with Gasteiger partial charge in [0, 0.05) is 31.7 Å². The first-order valence-electron chi connectivity index (χ1n) is 5.33. The SMILES string of the molecule is CCCN1CC(CN)N(C)CC1C. The van der Waals surface area contributed by atoms with E-state index in [2.05, 4.69) is 30.7 Å². The summed E-state index contributed by atoms with van der Waals surface area (Å²) < 4.78 is 0. The third-order valence-corrected chi connectivity index (χ3v) is 3.03. The van der Waals surface area contributed by atoms with Gasteiger partial charge in [0.1, 0.15) is 0 Å². The van der Waals surface area contributed by atoms with Gasteiger partial charge < -0.3 is 5.73 Å². The minimum Gasteiger partial charge on any atom is -0.329 e. The molecule has 0 saturated carbocycles. The number of likely N-dealkylation sites (N-methyl/N-ethyl adjacent to an activating group) is 1. The zero-order valence-electron chi connectivity index (χ0n) is 9.16. The quantitative estimate of drug-likeness (QED) is 0.689. The summed E-state index contributed by atoms with van der Waals surface area (Å²) in [6.45, 7) is 8.83. The number of rotatable bonds is 3. The highest BCUT2D eigenvalue weighted by Gasteiger charge is 2.27. The van der Waals surface area contributed by atoms with Gasteiger partial charge in [-0.15, -0.1) is 0 Å². The molecular formula is C10H23N3. The first-order valence-corrected chi connectivity index (χ1v) is 5.33. The second-order valence-electron chi connectivity index (χ2n) is 4.17. The number of piperazine rings is 1. The lowest BCUT2D eigenvalue weighted by Gasteiger charge is -2.43. The van der Waals surface area contributed by atoms with Crippen molar-refractivity contribution in [2.24, 2.45) is 5.73 Å². The van der Waals surface area contributed by atoms with Crippen LogP contribution >= 0.6 is 0 Å². The zero-order valence-corrected chi connectivity index (χ0v) is 9.16. The molecule has 0 aliphatic carbocycles. The van der Waals surface area contributed by atoms with E-state index in [1.54, 1.807) is 0 Å². The minimum atomic E-state index is 0.558. The molecule has 0 aromatic carbocycles. The maximum absolute atomic E-state index is 5.73. The van der Waals surface area contributed by atoms with Crippen molar-refractivity contribution in [1.82, 2.24) is 9.80 Å². The van der Waals surface area contributed by atoms with Crippen molar-refractivity contribution >= 4 is 0 Å². The van der Waals surface area contributed by atoms with E-state index in [0.29, 0.717) is 12.1 Å². The normalized spacial score (nSPS) is 32.3. The van der Waals surface area contributed by atoms with Gasteiger partial charge in [0.2, 0.25) is 0 Å². The number of nitrogens with zero attached hydrogens (tertiary/aromatic N) is 2. The predicted molar refractivity (Wildman–Crippen MR) is 56.8 cm³/mol. The molecule has 3 nitrogen and oxygen atoms in total. The van der Waals surface area contributed by atoms with Gasteiger partial charge in [-0.2, -0.15) is 0 Å². The topological polar surface area (TPSA) is 32.5 Å². The molecule has 13 heavy (non-hydrogen) atoms. The fourth-order valence-corrected chi connectivity index (χ4v) is 2.12. The minimum absolute atomic E-state index is 0.558. The fraction of sp³-hybridized carbons (Fsp3) is 1.00. The van der Waals surface area contributed by atoms with Crippen LogP contribution < -0.4 is 5.73 Å². The Bertz CT molecular complexity index is 149. The Morgan fingerprint density at radius 2 is 2.08 bits per heavy atom. The van der Waals surface area contributed by atoms with Gasteiger partial charge in [-0.1, -0.05) is 6.92 Å². The molecule has 1 heterocycles. The summed E-state index contributed by atoms with van der Waals surface area (Å²) in [7, 11) is 2.18. The highest BCUT2D eigenvalue weighted by molar-refractivity contribution is 4.85. The fourth-order valence-electron chi connectivity index (χ4n) is 2.12. The van der Waals surface area contributed by atoms with Crippen LogP contribution in [0.25, 0.3) is 0 Å². The van der Waals surface area contributed by atoms with E-state index in [1.165, 1.54) is 13.0 Å². The Balaban J connectivity index is 2.48. The smallest absolute Gasteiger partial charge is 0.0343 e. The largest absolute Gasteiger partial charge is 0.329 e. The van der Waals surface area contributed by atoms with E-state index in [4.69, 9.17) is 5.73 Å². The van der Waals surface area contributed by atoms with Crippen LogP contribution in [0.1, 0.15) is 20.3 Å². The molecule has 0 spiro atoms. The van der Waals surface area contributed by atoms with Crippen LogP contribution in [0, 0.1) is 0 Å². The van der Waals surface area contributed by atoms with Crippen LogP contribution in [-0.2, 0) is 0 Å². The molecule has 0 bridgehead atoms. The molecule has 0 aromatic rings. The molecule has 0 amide bonds. The molecule has 2 atom stereocenters. The van der Waals surface area contributed by atoms with E-state index in [-0.39, 0.29) is 0 Å². The molecule has 1 aliphatic heterocycles. The molecular weight excluding hydrogens is 162 g/mol. The molecule has 1 fully saturated rings. The Morgan fingerprint density at radius 1 is 1.38 bits per heavy atom. The molecule has 2 N–H and O–H groups in total. The summed E-state index contributed by atoms with van der Waals surface area (Å²) in [6.07, 6.45) is 1.24. The van der Waals surface area contributed by atoms with Crippen LogP contribution in [0.2, 0.25) is 0 Å². The van der Waals surface area contributed by atoms with Crippen LogP contribution in [0.15, 0.2) is 0 Å². The van der Waals surface area contributed by atoms with Crippen LogP contribution in [0.3, 0.4) is 0 Å². The second-order valence-corrected chi connectivity index (χ2v) is 4.17. The molecule has 3 heteroatoms. The molecule has 1 rings (SSSR count). The van der Waals surface area contributed by atoms with Crippen LogP contribution in [0.4, 0.5) is 0 Å². The van der Waals surface area contributed by atoms with Crippen LogP contribution in [-0.4, -0.2) is 55.1 Å². The van der Waals surface area contributed by atoms with E-state index < -0.39 is 0 Å². The van der Waals surface area contributed by atoms with Crippen molar-refractivity contribution in [2.75, 3.05) is 33.2 Å². The average molecular weight is 185 g/mol.